The van der Waals surface area contributed by atoms with Gasteiger partial charge in [0.2, 0.25) is 0 Å². The normalized spacial score (nSPS) is 10.2. The van der Waals surface area contributed by atoms with Gasteiger partial charge in [0, 0.05) is 15.6 Å². The number of amides is 1. The predicted octanol–water partition coefficient (Wildman–Crippen LogP) is 4.40. The maximum absolute atomic E-state index is 13.3. The van der Waals surface area contributed by atoms with Gasteiger partial charge in [0.05, 0.1) is 22.2 Å². The molecule has 0 aromatic heterocycles. The number of halogens is 3. The standard InChI is InChI=1S/C13H7BrClFN2O3/c14-12-3-7(15)1-2-11(12)13(19)17-9-4-8(16)5-10(6-9)18(20)21/h1-6H,(H,17,19). The van der Waals surface area contributed by atoms with Crippen LogP contribution in [0.3, 0.4) is 0 Å². The Morgan fingerprint density at radius 3 is 2.62 bits per heavy atom. The van der Waals surface area contributed by atoms with Crippen LogP contribution >= 0.6 is 27.5 Å². The first-order valence-electron chi connectivity index (χ1n) is 5.58. The van der Waals surface area contributed by atoms with Crippen molar-refractivity contribution in [2.75, 3.05) is 5.32 Å². The first-order valence-corrected chi connectivity index (χ1v) is 6.75. The third kappa shape index (κ3) is 3.77. The minimum Gasteiger partial charge on any atom is -0.322 e. The molecule has 2 aromatic rings. The van der Waals surface area contributed by atoms with Crippen molar-refractivity contribution in [2.45, 2.75) is 0 Å². The predicted molar refractivity (Wildman–Crippen MR) is 80.2 cm³/mol. The van der Waals surface area contributed by atoms with E-state index in [1.165, 1.54) is 18.2 Å². The zero-order chi connectivity index (χ0) is 15.6. The fraction of sp³-hybridized carbons (Fsp3) is 0. The average Bonchev–Trinajstić information content (AvgIpc) is 2.37. The number of nitrogens with one attached hydrogen (secondary N) is 1. The summed E-state index contributed by atoms with van der Waals surface area (Å²) in [6.07, 6.45) is 0. The fourth-order valence-electron chi connectivity index (χ4n) is 1.62. The van der Waals surface area contributed by atoms with Crippen LogP contribution in [0.5, 0.6) is 0 Å². The molecule has 108 valence electrons. The van der Waals surface area contributed by atoms with Gasteiger partial charge in [-0.25, -0.2) is 4.39 Å². The van der Waals surface area contributed by atoms with Crippen molar-refractivity contribution in [1.29, 1.82) is 0 Å². The molecule has 2 rings (SSSR count). The highest BCUT2D eigenvalue weighted by atomic mass is 79.9. The number of hydrogen-bond donors (Lipinski definition) is 1. The number of carbonyl (C=O) groups is 1. The van der Waals surface area contributed by atoms with Crippen LogP contribution in [-0.4, -0.2) is 10.8 Å². The van der Waals surface area contributed by atoms with E-state index in [2.05, 4.69) is 21.2 Å². The number of rotatable bonds is 3. The van der Waals surface area contributed by atoms with Crippen molar-refractivity contribution in [2.24, 2.45) is 0 Å². The first-order chi connectivity index (χ1) is 9.86. The third-order valence-electron chi connectivity index (χ3n) is 2.53. The van der Waals surface area contributed by atoms with Crippen LogP contribution in [0.2, 0.25) is 5.02 Å². The zero-order valence-corrected chi connectivity index (χ0v) is 12.6. The SMILES string of the molecule is O=C(Nc1cc(F)cc([N+](=O)[O-])c1)c1ccc(Cl)cc1Br. The van der Waals surface area contributed by atoms with Crippen molar-refractivity contribution in [1.82, 2.24) is 0 Å². The number of nitrogens with zero attached hydrogens (tertiary/aromatic N) is 1. The molecule has 2 aromatic carbocycles. The Morgan fingerprint density at radius 2 is 2.00 bits per heavy atom. The Labute approximate surface area is 132 Å². The molecule has 0 heterocycles. The highest BCUT2D eigenvalue weighted by molar-refractivity contribution is 9.10. The Bertz CT molecular complexity index is 739. The molecular weight excluding hydrogens is 367 g/mol. The molecule has 8 heteroatoms. The van der Waals surface area contributed by atoms with Crippen molar-refractivity contribution in [3.8, 4) is 0 Å². The maximum atomic E-state index is 13.3. The number of non-ortho nitro benzene ring substituents is 1. The molecule has 21 heavy (non-hydrogen) atoms. The van der Waals surface area contributed by atoms with Crippen LogP contribution in [0.25, 0.3) is 0 Å². The number of nitro benzene ring substituents is 1. The third-order valence-corrected chi connectivity index (χ3v) is 3.42. The lowest BCUT2D eigenvalue weighted by molar-refractivity contribution is -0.385. The summed E-state index contributed by atoms with van der Waals surface area (Å²) >= 11 is 8.96. The van der Waals surface area contributed by atoms with E-state index < -0.39 is 22.3 Å². The zero-order valence-electron chi connectivity index (χ0n) is 10.3. The molecule has 0 unspecified atom stereocenters. The van der Waals surface area contributed by atoms with E-state index in [0.717, 1.165) is 18.2 Å². The smallest absolute Gasteiger partial charge is 0.274 e. The molecule has 0 saturated heterocycles. The molecule has 0 fully saturated rings. The Kier molecular flexibility index (Phi) is 4.54. The molecule has 1 N–H and O–H groups in total. The number of benzene rings is 2. The van der Waals surface area contributed by atoms with Crippen LogP contribution in [0.1, 0.15) is 10.4 Å². The second-order valence-corrected chi connectivity index (χ2v) is 5.32. The van der Waals surface area contributed by atoms with Gasteiger partial charge in [-0.2, -0.15) is 0 Å². The maximum Gasteiger partial charge on any atom is 0.274 e. The van der Waals surface area contributed by atoms with Crippen LogP contribution in [0.15, 0.2) is 40.9 Å². The van der Waals surface area contributed by atoms with Crippen LogP contribution in [-0.2, 0) is 0 Å². The molecule has 0 aliphatic rings. The van der Waals surface area contributed by atoms with Crippen LogP contribution in [0, 0.1) is 15.9 Å². The lowest BCUT2D eigenvalue weighted by Gasteiger charge is -2.07. The summed E-state index contributed by atoms with van der Waals surface area (Å²) in [5.74, 6) is -1.35. The topological polar surface area (TPSA) is 72.2 Å². The lowest BCUT2D eigenvalue weighted by Crippen LogP contribution is -2.13. The summed E-state index contributed by atoms with van der Waals surface area (Å²) in [6, 6.07) is 7.38. The minimum absolute atomic E-state index is 0.00597. The van der Waals surface area contributed by atoms with Crippen molar-refractivity contribution in [3.05, 3.63) is 67.4 Å². The molecule has 0 bridgehead atoms. The monoisotopic (exact) mass is 372 g/mol. The second kappa shape index (κ2) is 6.19. The molecule has 0 aliphatic carbocycles. The highest BCUT2D eigenvalue weighted by Gasteiger charge is 2.14. The Morgan fingerprint density at radius 1 is 1.29 bits per heavy atom. The lowest BCUT2D eigenvalue weighted by atomic mass is 10.2. The molecule has 0 aliphatic heterocycles. The van der Waals surface area contributed by atoms with E-state index in [9.17, 15) is 19.3 Å². The fourth-order valence-corrected chi connectivity index (χ4v) is 2.49. The summed E-state index contributed by atoms with van der Waals surface area (Å²) in [6.45, 7) is 0. The van der Waals surface area contributed by atoms with Crippen molar-refractivity contribution >= 4 is 44.8 Å². The number of anilines is 1. The summed E-state index contributed by atoms with van der Waals surface area (Å²) < 4.78 is 13.7. The van der Waals surface area contributed by atoms with E-state index in [1.807, 2.05) is 0 Å². The number of carbonyl (C=O) groups excluding carboxylic acids is 1. The van der Waals surface area contributed by atoms with Gasteiger partial charge in [0.25, 0.3) is 11.6 Å². The van der Waals surface area contributed by atoms with Crippen LogP contribution < -0.4 is 5.32 Å². The Balaban J connectivity index is 2.29. The molecule has 5 nitrogen and oxygen atoms in total. The van der Waals surface area contributed by atoms with E-state index in [1.54, 1.807) is 0 Å². The number of hydrogen-bond acceptors (Lipinski definition) is 3. The van der Waals surface area contributed by atoms with Gasteiger partial charge in [-0.05, 0) is 40.2 Å². The first kappa shape index (κ1) is 15.4. The van der Waals surface area contributed by atoms with Gasteiger partial charge in [-0.1, -0.05) is 11.6 Å². The Hall–Kier alpha value is -1.99. The van der Waals surface area contributed by atoms with Gasteiger partial charge >= 0.3 is 0 Å². The highest BCUT2D eigenvalue weighted by Crippen LogP contribution is 2.24. The second-order valence-electron chi connectivity index (χ2n) is 4.03. The summed E-state index contributed by atoms with van der Waals surface area (Å²) in [7, 11) is 0. The van der Waals surface area contributed by atoms with Gasteiger partial charge in [-0.15, -0.1) is 0 Å². The molecular formula is C13H7BrClFN2O3. The average molecular weight is 374 g/mol. The number of nitro groups is 1. The van der Waals surface area contributed by atoms with Gasteiger partial charge in [0.15, 0.2) is 0 Å². The molecule has 0 spiro atoms. The van der Waals surface area contributed by atoms with Gasteiger partial charge in [0.1, 0.15) is 5.82 Å². The van der Waals surface area contributed by atoms with Crippen molar-refractivity contribution in [3.63, 3.8) is 0 Å². The summed E-state index contributed by atoms with van der Waals surface area (Å²) in [4.78, 5) is 22.0. The van der Waals surface area contributed by atoms with Gasteiger partial charge < -0.3 is 5.32 Å². The molecule has 0 radical (unpaired) electrons. The van der Waals surface area contributed by atoms with Crippen molar-refractivity contribution < 1.29 is 14.1 Å². The largest absolute Gasteiger partial charge is 0.322 e. The van der Waals surface area contributed by atoms with E-state index in [-0.39, 0.29) is 11.3 Å². The van der Waals surface area contributed by atoms with E-state index in [0.29, 0.717) is 9.50 Å². The van der Waals surface area contributed by atoms with Crippen LogP contribution in [0.4, 0.5) is 15.8 Å². The molecule has 0 saturated carbocycles. The molecule has 0 atom stereocenters. The quantitative estimate of drug-likeness (QED) is 0.640. The minimum atomic E-state index is -0.810. The van der Waals surface area contributed by atoms with Gasteiger partial charge in [-0.3, -0.25) is 14.9 Å². The van der Waals surface area contributed by atoms with E-state index in [4.69, 9.17) is 11.6 Å². The summed E-state index contributed by atoms with van der Waals surface area (Å²) in [5.41, 5.74) is -0.180. The summed E-state index contributed by atoms with van der Waals surface area (Å²) in [5, 5.41) is 13.5. The molecule has 1 amide bonds. The van der Waals surface area contributed by atoms with E-state index >= 15 is 0 Å².